The summed E-state index contributed by atoms with van der Waals surface area (Å²) < 4.78 is 26.3. The zero-order valence-electron chi connectivity index (χ0n) is 10.5. The van der Waals surface area contributed by atoms with Gasteiger partial charge in [-0.25, -0.2) is 8.42 Å². The molecule has 100 valence electrons. The average molecular weight is 271 g/mol. The number of nitrogens with one attached hydrogen (secondary N) is 2. The largest absolute Gasteiger partial charge is 0.388 e. The molecule has 4 N–H and O–H groups in total. The van der Waals surface area contributed by atoms with Gasteiger partial charge in [-0.2, -0.15) is 4.72 Å². The van der Waals surface area contributed by atoms with Crippen LogP contribution in [0, 0.1) is 0 Å². The molecule has 0 atom stereocenters. The van der Waals surface area contributed by atoms with Crippen LogP contribution in [-0.2, 0) is 14.8 Å². The highest BCUT2D eigenvalue weighted by atomic mass is 32.2. The molecule has 0 aliphatic carbocycles. The van der Waals surface area contributed by atoms with Crippen molar-refractivity contribution < 1.29 is 13.2 Å². The Bertz CT molecular complexity index is 535. The minimum Gasteiger partial charge on any atom is -0.388 e. The first-order valence-electron chi connectivity index (χ1n) is 5.31. The summed E-state index contributed by atoms with van der Waals surface area (Å²) in [4.78, 5) is 11.2. The predicted molar refractivity (Wildman–Crippen MR) is 69.6 cm³/mol. The fraction of sp³-hybridized carbons (Fsp3) is 0.364. The Balaban J connectivity index is 3.03. The zero-order chi connectivity index (χ0) is 14.0. The molecule has 0 unspecified atom stereocenters. The SMILES string of the molecule is CNc1ccc(S(=O)(=O)NC(C)(C)C(N)=O)cc1. The van der Waals surface area contributed by atoms with E-state index in [1.807, 2.05) is 0 Å². The second-order valence-corrected chi connectivity index (χ2v) is 6.05. The first-order valence-corrected chi connectivity index (χ1v) is 6.79. The van der Waals surface area contributed by atoms with Crippen LogP contribution in [0.4, 0.5) is 5.69 Å². The quantitative estimate of drug-likeness (QED) is 0.715. The molecule has 0 bridgehead atoms. The summed E-state index contributed by atoms with van der Waals surface area (Å²) in [7, 11) is -2.03. The summed E-state index contributed by atoms with van der Waals surface area (Å²) >= 11 is 0. The van der Waals surface area contributed by atoms with Gasteiger partial charge in [0.15, 0.2) is 0 Å². The van der Waals surface area contributed by atoms with Crippen LogP contribution in [-0.4, -0.2) is 26.9 Å². The minimum absolute atomic E-state index is 0.0795. The number of carbonyl (C=O) groups excluding carboxylic acids is 1. The Labute approximate surface area is 107 Å². The second kappa shape index (κ2) is 4.95. The van der Waals surface area contributed by atoms with Crippen molar-refractivity contribution >= 4 is 21.6 Å². The number of primary amides is 1. The maximum atomic E-state index is 12.0. The second-order valence-electron chi connectivity index (χ2n) is 4.37. The number of hydrogen-bond acceptors (Lipinski definition) is 4. The highest BCUT2D eigenvalue weighted by molar-refractivity contribution is 7.89. The van der Waals surface area contributed by atoms with Gasteiger partial charge in [0.25, 0.3) is 0 Å². The van der Waals surface area contributed by atoms with Crippen LogP contribution in [0.15, 0.2) is 29.2 Å². The van der Waals surface area contributed by atoms with Gasteiger partial charge in [-0.15, -0.1) is 0 Å². The van der Waals surface area contributed by atoms with Gasteiger partial charge >= 0.3 is 0 Å². The third-order valence-electron chi connectivity index (χ3n) is 2.46. The van der Waals surface area contributed by atoms with E-state index in [2.05, 4.69) is 10.0 Å². The molecule has 1 aromatic carbocycles. The van der Waals surface area contributed by atoms with Crippen molar-refractivity contribution in [2.45, 2.75) is 24.3 Å². The van der Waals surface area contributed by atoms with Crippen LogP contribution in [0.25, 0.3) is 0 Å². The smallest absolute Gasteiger partial charge is 0.241 e. The molecule has 0 aliphatic rings. The van der Waals surface area contributed by atoms with Gasteiger partial charge in [0.2, 0.25) is 15.9 Å². The van der Waals surface area contributed by atoms with E-state index in [0.29, 0.717) is 0 Å². The van der Waals surface area contributed by atoms with Gasteiger partial charge in [-0.1, -0.05) is 0 Å². The fourth-order valence-corrected chi connectivity index (χ4v) is 2.63. The summed E-state index contributed by atoms with van der Waals surface area (Å²) in [5.41, 5.74) is 4.59. The molecular weight excluding hydrogens is 254 g/mol. The minimum atomic E-state index is -3.77. The molecule has 18 heavy (non-hydrogen) atoms. The van der Waals surface area contributed by atoms with Gasteiger partial charge in [-0.05, 0) is 38.1 Å². The lowest BCUT2D eigenvalue weighted by atomic mass is 10.1. The molecule has 0 saturated carbocycles. The molecule has 0 heterocycles. The highest BCUT2D eigenvalue weighted by Crippen LogP contribution is 2.15. The molecule has 6 nitrogen and oxygen atoms in total. The monoisotopic (exact) mass is 271 g/mol. The van der Waals surface area contributed by atoms with E-state index >= 15 is 0 Å². The topological polar surface area (TPSA) is 101 Å². The third kappa shape index (κ3) is 3.21. The number of amides is 1. The normalized spacial score (nSPS) is 12.2. The summed E-state index contributed by atoms with van der Waals surface area (Å²) in [6.07, 6.45) is 0. The predicted octanol–water partition coefficient (Wildman–Crippen LogP) is 0.271. The Hall–Kier alpha value is -1.60. The zero-order valence-corrected chi connectivity index (χ0v) is 11.3. The highest BCUT2D eigenvalue weighted by Gasteiger charge is 2.31. The standard InChI is InChI=1S/C11H17N3O3S/c1-11(2,10(12)15)14-18(16,17)9-6-4-8(13-3)5-7-9/h4-7,13-14H,1-3H3,(H2,12,15). The molecule has 0 spiro atoms. The van der Waals surface area contributed by atoms with E-state index in [1.54, 1.807) is 19.2 Å². The van der Waals surface area contributed by atoms with Crippen LogP contribution in [0.3, 0.4) is 0 Å². The van der Waals surface area contributed by atoms with Crippen molar-refractivity contribution in [2.75, 3.05) is 12.4 Å². The van der Waals surface area contributed by atoms with Gasteiger partial charge < -0.3 is 11.1 Å². The first-order chi connectivity index (χ1) is 8.19. The van der Waals surface area contributed by atoms with Gasteiger partial charge in [0, 0.05) is 12.7 Å². The number of sulfonamides is 1. The number of hydrogen-bond donors (Lipinski definition) is 3. The molecule has 7 heteroatoms. The molecule has 0 radical (unpaired) electrons. The number of carbonyl (C=O) groups is 1. The fourth-order valence-electron chi connectivity index (χ4n) is 1.25. The van der Waals surface area contributed by atoms with Crippen LogP contribution in [0.5, 0.6) is 0 Å². The molecule has 1 aromatic rings. The summed E-state index contributed by atoms with van der Waals surface area (Å²) in [6, 6.07) is 6.16. The number of benzene rings is 1. The Morgan fingerprint density at radius 1 is 1.22 bits per heavy atom. The Kier molecular flexibility index (Phi) is 3.98. The van der Waals surface area contributed by atoms with Crippen molar-refractivity contribution in [1.29, 1.82) is 0 Å². The number of nitrogens with two attached hydrogens (primary N) is 1. The lowest BCUT2D eigenvalue weighted by molar-refractivity contribution is -0.122. The molecule has 0 aromatic heterocycles. The summed E-state index contributed by atoms with van der Waals surface area (Å²) in [6.45, 7) is 2.82. The van der Waals surface area contributed by atoms with E-state index in [4.69, 9.17) is 5.73 Å². The average Bonchev–Trinajstić information content (AvgIpc) is 2.27. The number of rotatable bonds is 5. The summed E-state index contributed by atoms with van der Waals surface area (Å²) in [5.74, 6) is -0.738. The van der Waals surface area contributed by atoms with Crippen molar-refractivity contribution in [3.05, 3.63) is 24.3 Å². The van der Waals surface area contributed by atoms with Crippen molar-refractivity contribution in [3.8, 4) is 0 Å². The molecular formula is C11H17N3O3S. The third-order valence-corrected chi connectivity index (χ3v) is 4.13. The molecule has 1 amide bonds. The van der Waals surface area contributed by atoms with Crippen LogP contribution in [0.1, 0.15) is 13.8 Å². The molecule has 0 aliphatic heterocycles. The summed E-state index contributed by atoms with van der Waals surface area (Å²) in [5, 5.41) is 2.88. The first kappa shape index (κ1) is 14.5. The van der Waals surface area contributed by atoms with E-state index in [1.165, 1.54) is 26.0 Å². The Morgan fingerprint density at radius 3 is 2.11 bits per heavy atom. The van der Waals surface area contributed by atoms with Crippen LogP contribution in [0.2, 0.25) is 0 Å². The van der Waals surface area contributed by atoms with E-state index < -0.39 is 21.5 Å². The van der Waals surface area contributed by atoms with E-state index in [0.717, 1.165) is 5.69 Å². The van der Waals surface area contributed by atoms with Crippen molar-refractivity contribution in [3.63, 3.8) is 0 Å². The Morgan fingerprint density at radius 2 is 1.72 bits per heavy atom. The maximum Gasteiger partial charge on any atom is 0.241 e. The maximum absolute atomic E-state index is 12.0. The molecule has 1 rings (SSSR count). The van der Waals surface area contributed by atoms with E-state index in [-0.39, 0.29) is 4.90 Å². The van der Waals surface area contributed by atoms with Gasteiger partial charge in [0.1, 0.15) is 5.54 Å². The molecule has 0 saturated heterocycles. The lowest BCUT2D eigenvalue weighted by Crippen LogP contribution is -2.52. The van der Waals surface area contributed by atoms with Crippen molar-refractivity contribution in [2.24, 2.45) is 5.73 Å². The van der Waals surface area contributed by atoms with Gasteiger partial charge in [0.05, 0.1) is 4.90 Å². The van der Waals surface area contributed by atoms with Crippen molar-refractivity contribution in [1.82, 2.24) is 4.72 Å². The lowest BCUT2D eigenvalue weighted by Gasteiger charge is -2.22. The van der Waals surface area contributed by atoms with E-state index in [9.17, 15) is 13.2 Å². The van der Waals surface area contributed by atoms with Gasteiger partial charge in [-0.3, -0.25) is 4.79 Å². The molecule has 0 fully saturated rings. The van der Waals surface area contributed by atoms with Crippen LogP contribution >= 0.6 is 0 Å². The number of anilines is 1. The van der Waals surface area contributed by atoms with Crippen LogP contribution < -0.4 is 15.8 Å².